The van der Waals surface area contributed by atoms with Crippen molar-refractivity contribution in [1.82, 2.24) is 25.1 Å². The Balaban J connectivity index is 1.47. The van der Waals surface area contributed by atoms with Crippen molar-refractivity contribution in [3.05, 3.63) is 66.5 Å². The molecule has 10 heteroatoms. The number of hydrogen-bond donors (Lipinski definition) is 2. The number of benzene rings is 2. The topological polar surface area (TPSA) is 109 Å². The van der Waals surface area contributed by atoms with Crippen molar-refractivity contribution >= 4 is 23.5 Å². The van der Waals surface area contributed by atoms with E-state index in [4.69, 9.17) is 9.47 Å². The monoisotopic (exact) mass is 548 g/mol. The van der Waals surface area contributed by atoms with E-state index in [-0.39, 0.29) is 12.5 Å². The van der Waals surface area contributed by atoms with Crippen molar-refractivity contribution in [3.63, 3.8) is 0 Å². The maximum absolute atomic E-state index is 12.4. The first-order chi connectivity index (χ1) is 19.0. The average molecular weight is 549 g/mol. The lowest BCUT2D eigenvalue weighted by atomic mass is 10.1. The second-order valence-electron chi connectivity index (χ2n) is 10.7. The average Bonchev–Trinajstić information content (AvgIpc) is 2.91. The normalized spacial score (nSPS) is 11.4. The van der Waals surface area contributed by atoms with Gasteiger partial charge in [-0.15, -0.1) is 0 Å². The van der Waals surface area contributed by atoms with Gasteiger partial charge >= 0.3 is 5.97 Å². The summed E-state index contributed by atoms with van der Waals surface area (Å²) in [5, 5.41) is 5.77. The van der Waals surface area contributed by atoms with Gasteiger partial charge in [-0.2, -0.15) is 0 Å². The molecule has 1 amide bonds. The quantitative estimate of drug-likeness (QED) is 0.308. The third kappa shape index (κ3) is 10.6. The van der Waals surface area contributed by atoms with Crippen molar-refractivity contribution in [2.75, 3.05) is 59.2 Å². The Labute approximate surface area is 236 Å². The van der Waals surface area contributed by atoms with E-state index >= 15 is 0 Å². The summed E-state index contributed by atoms with van der Waals surface area (Å²) in [5.41, 5.74) is 2.37. The lowest BCUT2D eigenvalue weighted by Gasteiger charge is -2.19. The first kappa shape index (κ1) is 30.5. The van der Waals surface area contributed by atoms with Crippen LogP contribution in [0.4, 0.5) is 11.6 Å². The second kappa shape index (κ2) is 14.4. The Kier molecular flexibility index (Phi) is 11.0. The highest BCUT2D eigenvalue weighted by molar-refractivity contribution is 5.96. The van der Waals surface area contributed by atoms with Gasteiger partial charge in [-0.3, -0.25) is 9.59 Å². The van der Waals surface area contributed by atoms with Gasteiger partial charge in [0.05, 0.1) is 0 Å². The number of aromatic nitrogens is 2. The minimum absolute atomic E-state index is 0.190. The summed E-state index contributed by atoms with van der Waals surface area (Å²) in [6.45, 7) is 8.64. The highest BCUT2D eigenvalue weighted by atomic mass is 16.6. The maximum atomic E-state index is 12.4. The molecule has 214 valence electrons. The van der Waals surface area contributed by atoms with Crippen LogP contribution in [0.25, 0.3) is 11.1 Å². The number of likely N-dealkylation sites (N-methyl/N-ethyl adjacent to an activating group) is 2. The van der Waals surface area contributed by atoms with E-state index in [1.54, 1.807) is 45.3 Å². The molecule has 0 saturated heterocycles. The fraction of sp³-hybridized carbons (Fsp3) is 0.400. The number of amides is 1. The molecule has 0 aliphatic carbocycles. The number of nitrogens with zero attached hydrogens (tertiary/aromatic N) is 4. The number of carbonyl (C=O) groups is 2. The van der Waals surface area contributed by atoms with Gasteiger partial charge in [-0.25, -0.2) is 9.97 Å². The number of hydrogen-bond acceptors (Lipinski definition) is 9. The Morgan fingerprint density at radius 2 is 1.50 bits per heavy atom. The molecule has 10 nitrogen and oxygen atoms in total. The lowest BCUT2D eigenvalue weighted by Crippen LogP contribution is -2.34. The summed E-state index contributed by atoms with van der Waals surface area (Å²) >= 11 is 0. The maximum Gasteiger partial charge on any atom is 0.325 e. The van der Waals surface area contributed by atoms with Crippen molar-refractivity contribution in [2.45, 2.75) is 26.4 Å². The molecule has 0 radical (unpaired) electrons. The van der Waals surface area contributed by atoms with E-state index < -0.39 is 11.6 Å². The molecule has 0 spiro atoms. The molecule has 2 N–H and O–H groups in total. The third-order valence-electron chi connectivity index (χ3n) is 5.73. The Morgan fingerprint density at radius 1 is 0.850 bits per heavy atom. The van der Waals surface area contributed by atoms with E-state index in [2.05, 4.69) is 51.5 Å². The summed E-state index contributed by atoms with van der Waals surface area (Å²) < 4.78 is 11.1. The molecule has 3 aromatic rings. The number of esters is 1. The molecule has 3 rings (SSSR count). The van der Waals surface area contributed by atoms with Crippen molar-refractivity contribution in [2.24, 2.45) is 0 Å². The van der Waals surface area contributed by atoms with Crippen molar-refractivity contribution in [1.29, 1.82) is 0 Å². The van der Waals surface area contributed by atoms with E-state index in [1.165, 1.54) is 0 Å². The molecule has 0 bridgehead atoms. The summed E-state index contributed by atoms with van der Waals surface area (Å²) in [5.74, 6) is 0.446. The molecule has 1 heterocycles. The Hall–Kier alpha value is -4.02. The molecular weight excluding hydrogens is 508 g/mol. The van der Waals surface area contributed by atoms with Gasteiger partial charge in [-0.05, 0) is 83.9 Å². The zero-order chi connectivity index (χ0) is 29.1. The van der Waals surface area contributed by atoms with Gasteiger partial charge in [0.25, 0.3) is 5.91 Å². The molecule has 0 saturated carbocycles. The van der Waals surface area contributed by atoms with Gasteiger partial charge in [0.15, 0.2) is 0 Å². The number of ether oxygens (including phenoxy) is 2. The lowest BCUT2D eigenvalue weighted by molar-refractivity contribution is -0.153. The van der Waals surface area contributed by atoms with E-state index in [9.17, 15) is 9.59 Å². The van der Waals surface area contributed by atoms with Crippen molar-refractivity contribution < 1.29 is 19.1 Å². The molecule has 2 aromatic carbocycles. The predicted molar refractivity (Wildman–Crippen MR) is 157 cm³/mol. The van der Waals surface area contributed by atoms with Gasteiger partial charge < -0.3 is 29.9 Å². The fourth-order valence-electron chi connectivity index (χ4n) is 3.55. The SMILES string of the molecule is CN(C)CCN(C)CCOc1ccc(Nc2ncc(-c3ccc(C(=O)NCC(=O)OC(C)(C)C)cc3)cn2)cc1. The first-order valence-electron chi connectivity index (χ1n) is 13.2. The zero-order valence-electron chi connectivity index (χ0n) is 24.2. The fourth-order valence-corrected chi connectivity index (χ4v) is 3.55. The van der Waals surface area contributed by atoms with Crippen LogP contribution in [0.5, 0.6) is 5.75 Å². The van der Waals surface area contributed by atoms with Gasteiger partial charge in [0.1, 0.15) is 24.5 Å². The highest BCUT2D eigenvalue weighted by Gasteiger charge is 2.17. The van der Waals surface area contributed by atoms with Crippen LogP contribution in [-0.4, -0.2) is 91.2 Å². The molecule has 40 heavy (non-hydrogen) atoms. The number of rotatable bonds is 13. The molecule has 1 aromatic heterocycles. The van der Waals surface area contributed by atoms with Crippen LogP contribution < -0.4 is 15.4 Å². The molecule has 0 fully saturated rings. The predicted octanol–water partition coefficient (Wildman–Crippen LogP) is 3.83. The van der Waals surface area contributed by atoms with E-state index in [0.29, 0.717) is 18.1 Å². The van der Waals surface area contributed by atoms with Crippen molar-refractivity contribution in [3.8, 4) is 16.9 Å². The minimum atomic E-state index is -0.598. The van der Waals surface area contributed by atoms with Gasteiger partial charge in [-0.1, -0.05) is 12.1 Å². The number of carbonyl (C=O) groups excluding carboxylic acids is 2. The first-order valence-corrected chi connectivity index (χ1v) is 13.2. The van der Waals surface area contributed by atoms with Crippen LogP contribution in [0.1, 0.15) is 31.1 Å². The summed E-state index contributed by atoms with van der Waals surface area (Å²) in [6, 6.07) is 14.7. The van der Waals surface area contributed by atoms with E-state index in [1.807, 2.05) is 36.4 Å². The molecule has 0 aliphatic heterocycles. The smallest absolute Gasteiger partial charge is 0.325 e. The highest BCUT2D eigenvalue weighted by Crippen LogP contribution is 2.21. The van der Waals surface area contributed by atoms with Crippen LogP contribution in [-0.2, 0) is 9.53 Å². The summed E-state index contributed by atoms with van der Waals surface area (Å²) in [6.07, 6.45) is 3.44. The van der Waals surface area contributed by atoms with Crippen LogP contribution in [0, 0.1) is 0 Å². The second-order valence-corrected chi connectivity index (χ2v) is 10.7. The zero-order valence-corrected chi connectivity index (χ0v) is 24.2. The molecule has 0 atom stereocenters. The number of nitrogens with one attached hydrogen (secondary N) is 2. The Bertz CT molecular complexity index is 1220. The number of anilines is 2. The van der Waals surface area contributed by atoms with Crippen LogP contribution in [0.15, 0.2) is 60.9 Å². The molecule has 0 aliphatic rings. The van der Waals surface area contributed by atoms with Crippen LogP contribution in [0.2, 0.25) is 0 Å². The molecular formula is C30H40N6O4. The van der Waals surface area contributed by atoms with Crippen LogP contribution >= 0.6 is 0 Å². The van der Waals surface area contributed by atoms with Crippen LogP contribution in [0.3, 0.4) is 0 Å². The summed E-state index contributed by atoms with van der Waals surface area (Å²) in [4.78, 5) is 37.4. The largest absolute Gasteiger partial charge is 0.492 e. The minimum Gasteiger partial charge on any atom is -0.492 e. The third-order valence-corrected chi connectivity index (χ3v) is 5.73. The summed E-state index contributed by atoms with van der Waals surface area (Å²) in [7, 11) is 6.23. The van der Waals surface area contributed by atoms with Gasteiger partial charge in [0.2, 0.25) is 5.95 Å². The standard InChI is InChI=1S/C30H40N6O4/c1-30(2,3)40-27(37)21-31-28(38)23-9-7-22(8-10-23)24-19-32-29(33-20-24)34-25-11-13-26(14-12-25)39-18-17-36(6)16-15-35(4)5/h7-14,19-20H,15-18,21H2,1-6H3,(H,31,38)(H,32,33,34). The van der Waals surface area contributed by atoms with E-state index in [0.717, 1.165) is 42.2 Å². The molecule has 0 unspecified atom stereocenters. The van der Waals surface area contributed by atoms with Gasteiger partial charge in [0, 0.05) is 48.8 Å². The Morgan fingerprint density at radius 3 is 2.10 bits per heavy atom.